The first-order valence-corrected chi connectivity index (χ1v) is 8.81. The van der Waals surface area contributed by atoms with E-state index in [0.717, 1.165) is 5.56 Å². The maximum absolute atomic E-state index is 12.4. The van der Waals surface area contributed by atoms with Gasteiger partial charge in [0.25, 0.3) is 5.91 Å². The van der Waals surface area contributed by atoms with Gasteiger partial charge in [0.1, 0.15) is 17.1 Å². The maximum Gasteiger partial charge on any atom is 0.345 e. The molecule has 1 aromatic rings. The van der Waals surface area contributed by atoms with Crippen molar-refractivity contribution in [2.45, 2.75) is 6.54 Å². The molecule has 1 amide bonds. The van der Waals surface area contributed by atoms with Crippen molar-refractivity contribution in [3.8, 4) is 11.5 Å². The quantitative estimate of drug-likeness (QED) is 0.581. The van der Waals surface area contributed by atoms with Gasteiger partial charge in [0.15, 0.2) is 0 Å². The Hall–Kier alpha value is -3.06. The molecule has 1 aromatic carbocycles. The van der Waals surface area contributed by atoms with Crippen molar-refractivity contribution in [1.29, 1.82) is 0 Å². The molecule has 28 heavy (non-hydrogen) atoms. The van der Waals surface area contributed by atoms with Crippen molar-refractivity contribution in [2.75, 3.05) is 21.3 Å². The van der Waals surface area contributed by atoms with Crippen LogP contribution in [0.25, 0.3) is 0 Å². The molecule has 3 rings (SSSR count). The molecule has 146 valence electrons. The summed E-state index contributed by atoms with van der Waals surface area (Å²) in [5, 5.41) is 3.67. The zero-order valence-electron chi connectivity index (χ0n) is 15.6. The van der Waals surface area contributed by atoms with Crippen molar-refractivity contribution in [2.24, 2.45) is 10.9 Å². The van der Waals surface area contributed by atoms with Gasteiger partial charge in [-0.1, -0.05) is 17.7 Å². The lowest BCUT2D eigenvalue weighted by molar-refractivity contribution is -0.137. The minimum absolute atomic E-state index is 0.139. The van der Waals surface area contributed by atoms with Crippen LogP contribution in [0.5, 0.6) is 11.5 Å². The fourth-order valence-electron chi connectivity index (χ4n) is 3.04. The van der Waals surface area contributed by atoms with Crippen LogP contribution in [0.4, 0.5) is 0 Å². The molecular weight excluding hydrogens is 384 g/mol. The number of hydrogen-bond acceptors (Lipinski definition) is 6. The lowest BCUT2D eigenvalue weighted by Gasteiger charge is -2.27. The normalized spacial score (nSPS) is 18.1. The standard InChI is InChI=1S/C20H19ClN2O5/c1-26-13-6-4-11(16(9-13)27-2)10-22-18-14-8-12(21)5-7-15(14)23-19(24)17(18)20(25)28-3/h4-9,14,22H,10H2,1-3H3. The first-order chi connectivity index (χ1) is 13.5. The fourth-order valence-corrected chi connectivity index (χ4v) is 3.23. The van der Waals surface area contributed by atoms with Gasteiger partial charge < -0.3 is 19.5 Å². The number of amides is 1. The lowest BCUT2D eigenvalue weighted by atomic mass is 9.88. The van der Waals surface area contributed by atoms with Gasteiger partial charge in [0.2, 0.25) is 0 Å². The van der Waals surface area contributed by atoms with Crippen LogP contribution >= 0.6 is 11.6 Å². The Morgan fingerprint density at radius 2 is 2.00 bits per heavy atom. The molecule has 2 aliphatic rings. The maximum atomic E-state index is 12.4. The van der Waals surface area contributed by atoms with Crippen LogP contribution in [0.15, 0.2) is 57.7 Å². The number of dihydropyridines is 1. The van der Waals surface area contributed by atoms with Gasteiger partial charge in [-0.25, -0.2) is 9.79 Å². The molecule has 1 N–H and O–H groups in total. The predicted molar refractivity (Wildman–Crippen MR) is 104 cm³/mol. The zero-order valence-corrected chi connectivity index (χ0v) is 16.4. The van der Waals surface area contributed by atoms with Crippen molar-refractivity contribution in [3.05, 3.63) is 58.3 Å². The van der Waals surface area contributed by atoms with Gasteiger partial charge in [-0.15, -0.1) is 0 Å². The molecule has 0 saturated heterocycles. The minimum atomic E-state index is -0.754. The van der Waals surface area contributed by atoms with E-state index in [4.69, 9.17) is 25.8 Å². The summed E-state index contributed by atoms with van der Waals surface area (Å²) in [5.74, 6) is -0.590. The number of methoxy groups -OCH3 is 3. The van der Waals surface area contributed by atoms with Gasteiger partial charge in [-0.05, 0) is 24.3 Å². The summed E-state index contributed by atoms with van der Waals surface area (Å²) in [7, 11) is 4.34. The van der Waals surface area contributed by atoms with Crippen LogP contribution in [0, 0.1) is 5.92 Å². The minimum Gasteiger partial charge on any atom is -0.497 e. The second-order valence-corrected chi connectivity index (χ2v) is 6.45. The second-order valence-electron chi connectivity index (χ2n) is 6.02. The van der Waals surface area contributed by atoms with Crippen LogP contribution in [0.1, 0.15) is 5.56 Å². The number of carbonyl (C=O) groups excluding carboxylic acids is 2. The number of rotatable bonds is 6. The molecule has 0 spiro atoms. The number of benzene rings is 1. The van der Waals surface area contributed by atoms with E-state index in [1.807, 2.05) is 6.07 Å². The van der Waals surface area contributed by atoms with Crippen molar-refractivity contribution in [1.82, 2.24) is 5.32 Å². The molecule has 8 heteroatoms. The Balaban J connectivity index is 1.97. The fraction of sp³-hybridized carbons (Fsp3) is 0.250. The van der Waals surface area contributed by atoms with E-state index in [1.165, 1.54) is 7.11 Å². The van der Waals surface area contributed by atoms with Crippen molar-refractivity contribution < 1.29 is 23.8 Å². The third-order valence-electron chi connectivity index (χ3n) is 4.44. The van der Waals surface area contributed by atoms with Crippen LogP contribution < -0.4 is 14.8 Å². The monoisotopic (exact) mass is 402 g/mol. The van der Waals surface area contributed by atoms with Gasteiger partial charge in [0, 0.05) is 28.9 Å². The molecule has 0 fully saturated rings. The molecule has 0 saturated carbocycles. The number of halogens is 1. The van der Waals surface area contributed by atoms with Crippen molar-refractivity contribution >= 4 is 29.2 Å². The molecule has 1 atom stereocenters. The van der Waals surface area contributed by atoms with E-state index >= 15 is 0 Å². The number of esters is 1. The number of ether oxygens (including phenoxy) is 3. The summed E-state index contributed by atoms with van der Waals surface area (Å²) in [4.78, 5) is 28.7. The van der Waals surface area contributed by atoms with E-state index in [-0.39, 0.29) is 5.57 Å². The Labute approximate surface area is 167 Å². The Morgan fingerprint density at radius 1 is 1.21 bits per heavy atom. The highest BCUT2D eigenvalue weighted by atomic mass is 35.5. The second kappa shape index (κ2) is 8.31. The van der Waals surface area contributed by atoms with E-state index in [1.54, 1.807) is 44.6 Å². The summed E-state index contributed by atoms with van der Waals surface area (Å²) in [6.07, 6.45) is 5.04. The third kappa shape index (κ3) is 3.80. The molecule has 0 bridgehead atoms. The van der Waals surface area contributed by atoms with E-state index in [2.05, 4.69) is 10.3 Å². The number of carbonyl (C=O) groups is 2. The average molecular weight is 403 g/mol. The third-order valence-corrected chi connectivity index (χ3v) is 4.69. The van der Waals surface area contributed by atoms with Crippen LogP contribution in [-0.2, 0) is 20.9 Å². The molecule has 1 heterocycles. The molecule has 0 aromatic heterocycles. The number of aliphatic imine (C=N–C) groups is 1. The molecule has 1 unspecified atom stereocenters. The number of nitrogens with zero attached hydrogens (tertiary/aromatic N) is 1. The molecular formula is C20H19ClN2O5. The summed E-state index contributed by atoms with van der Waals surface area (Å²) in [6, 6.07) is 5.39. The highest BCUT2D eigenvalue weighted by molar-refractivity contribution is 6.33. The van der Waals surface area contributed by atoms with E-state index in [9.17, 15) is 9.59 Å². The summed E-state index contributed by atoms with van der Waals surface area (Å²) >= 11 is 6.13. The molecule has 1 aliphatic carbocycles. The number of fused-ring (bicyclic) bond motifs is 1. The number of hydrogen-bond donors (Lipinski definition) is 1. The average Bonchev–Trinajstić information content (AvgIpc) is 2.71. The highest BCUT2D eigenvalue weighted by Gasteiger charge is 2.35. The largest absolute Gasteiger partial charge is 0.497 e. The van der Waals surface area contributed by atoms with Gasteiger partial charge >= 0.3 is 5.97 Å². The number of allylic oxidation sites excluding steroid dienone is 4. The molecule has 1 aliphatic heterocycles. The SMILES string of the molecule is COC(=O)C1=C(NCc2ccc(OC)cc2OC)C2C=C(Cl)C=CC2=NC1=O. The highest BCUT2D eigenvalue weighted by Crippen LogP contribution is 2.31. The Kier molecular flexibility index (Phi) is 5.84. The van der Waals surface area contributed by atoms with Gasteiger partial charge in [-0.3, -0.25) is 4.79 Å². The van der Waals surface area contributed by atoms with Crippen LogP contribution in [-0.4, -0.2) is 38.9 Å². The lowest BCUT2D eigenvalue weighted by Crippen LogP contribution is -2.35. The zero-order chi connectivity index (χ0) is 20.3. The number of nitrogens with one attached hydrogen (secondary N) is 1. The van der Waals surface area contributed by atoms with Gasteiger partial charge in [-0.2, -0.15) is 0 Å². The Bertz CT molecular complexity index is 946. The molecule has 7 nitrogen and oxygen atoms in total. The first-order valence-electron chi connectivity index (χ1n) is 8.44. The summed E-state index contributed by atoms with van der Waals surface area (Å²) in [5.41, 5.74) is 1.58. The topological polar surface area (TPSA) is 86.2 Å². The summed E-state index contributed by atoms with van der Waals surface area (Å²) in [6.45, 7) is 0.301. The van der Waals surface area contributed by atoms with E-state index in [0.29, 0.717) is 34.5 Å². The summed E-state index contributed by atoms with van der Waals surface area (Å²) < 4.78 is 15.4. The Morgan fingerprint density at radius 3 is 2.68 bits per heavy atom. The predicted octanol–water partition coefficient (Wildman–Crippen LogP) is 2.51. The van der Waals surface area contributed by atoms with E-state index < -0.39 is 17.8 Å². The first kappa shape index (κ1) is 19.7. The van der Waals surface area contributed by atoms with Crippen LogP contribution in [0.2, 0.25) is 0 Å². The van der Waals surface area contributed by atoms with Crippen molar-refractivity contribution in [3.63, 3.8) is 0 Å². The van der Waals surface area contributed by atoms with Gasteiger partial charge in [0.05, 0.1) is 33.0 Å². The molecule has 0 radical (unpaired) electrons. The smallest absolute Gasteiger partial charge is 0.345 e. The van der Waals surface area contributed by atoms with Crippen LogP contribution in [0.3, 0.4) is 0 Å².